The van der Waals surface area contributed by atoms with Gasteiger partial charge in [0.2, 0.25) is 0 Å². The number of nitrogens with zero attached hydrogens (tertiary/aromatic N) is 1. The normalized spacial score (nSPS) is 18.6. The van der Waals surface area contributed by atoms with Gasteiger partial charge in [0.1, 0.15) is 30.3 Å². The molecule has 2 atom stereocenters. The summed E-state index contributed by atoms with van der Waals surface area (Å²) in [6, 6.07) is 13.7. The lowest BCUT2D eigenvalue weighted by atomic mass is 10.0. The van der Waals surface area contributed by atoms with Crippen molar-refractivity contribution in [3.05, 3.63) is 82.6 Å². The first-order valence-electron chi connectivity index (χ1n) is 10.9. The van der Waals surface area contributed by atoms with Crippen molar-refractivity contribution in [1.82, 2.24) is 10.2 Å². The largest absolute Gasteiger partial charge is 0.478 e. The second-order valence-corrected chi connectivity index (χ2v) is 9.11. The molecule has 2 heterocycles. The van der Waals surface area contributed by atoms with E-state index in [-0.39, 0.29) is 35.8 Å². The number of ether oxygens (including phenoxy) is 2. The van der Waals surface area contributed by atoms with E-state index in [2.05, 4.69) is 5.32 Å². The molecule has 0 saturated carbocycles. The average molecular weight is 511 g/mol. The highest BCUT2D eigenvalue weighted by Gasteiger charge is 2.54. The highest BCUT2D eigenvalue weighted by Crippen LogP contribution is 2.41. The number of carbonyl (C=O) groups is 5. The van der Waals surface area contributed by atoms with Crippen LogP contribution in [0.2, 0.25) is 0 Å². The molecule has 4 rings (SSSR count). The van der Waals surface area contributed by atoms with Gasteiger partial charge in [-0.15, -0.1) is 11.8 Å². The predicted octanol–water partition coefficient (Wildman–Crippen LogP) is 1.96. The number of hydrogen-bond donors (Lipinski definition) is 2. The highest BCUT2D eigenvalue weighted by atomic mass is 32.2. The Hall–Kier alpha value is -4.12. The van der Waals surface area contributed by atoms with Crippen molar-refractivity contribution in [1.29, 1.82) is 0 Å². The van der Waals surface area contributed by atoms with E-state index in [1.807, 2.05) is 6.07 Å². The third-order valence-corrected chi connectivity index (χ3v) is 6.93. The molecule has 2 aromatic rings. The van der Waals surface area contributed by atoms with Gasteiger partial charge in [0.05, 0.1) is 11.1 Å². The van der Waals surface area contributed by atoms with Gasteiger partial charge in [-0.05, 0) is 17.7 Å². The number of nitrogens with one attached hydrogen (secondary N) is 1. The van der Waals surface area contributed by atoms with E-state index in [1.165, 1.54) is 47.9 Å². The number of aromatic carboxylic acids is 1. The minimum Gasteiger partial charge on any atom is -0.478 e. The van der Waals surface area contributed by atoms with Crippen molar-refractivity contribution in [3.63, 3.8) is 0 Å². The number of carbonyl (C=O) groups excluding carboxylic acids is 4. The molecule has 0 bridgehead atoms. The molecule has 186 valence electrons. The number of benzene rings is 2. The smallest absolute Gasteiger partial charge is 0.355 e. The predicted molar refractivity (Wildman–Crippen MR) is 128 cm³/mol. The van der Waals surface area contributed by atoms with Gasteiger partial charge in [-0.2, -0.15) is 0 Å². The molecule has 2 amide bonds. The summed E-state index contributed by atoms with van der Waals surface area (Å²) >= 11 is 1.28. The summed E-state index contributed by atoms with van der Waals surface area (Å²) in [4.78, 5) is 63.0. The van der Waals surface area contributed by atoms with E-state index >= 15 is 0 Å². The van der Waals surface area contributed by atoms with Gasteiger partial charge in [0.15, 0.2) is 0 Å². The van der Waals surface area contributed by atoms with Gasteiger partial charge >= 0.3 is 17.9 Å². The number of β-lactam (4-membered cyclic amide) rings is 1. The molecule has 2 N–H and O–H groups in total. The van der Waals surface area contributed by atoms with Crippen LogP contribution in [0.5, 0.6) is 0 Å². The van der Waals surface area contributed by atoms with E-state index in [9.17, 15) is 29.1 Å². The molecule has 0 radical (unpaired) electrons. The molecule has 2 aliphatic heterocycles. The lowest BCUT2D eigenvalue weighted by Gasteiger charge is -2.49. The monoisotopic (exact) mass is 510 g/mol. The van der Waals surface area contributed by atoms with E-state index in [0.29, 0.717) is 5.57 Å². The maximum atomic E-state index is 13.1. The highest BCUT2D eigenvalue weighted by molar-refractivity contribution is 8.00. The first-order chi connectivity index (χ1) is 17.3. The lowest BCUT2D eigenvalue weighted by molar-refractivity contribution is -0.152. The van der Waals surface area contributed by atoms with Gasteiger partial charge in [-0.3, -0.25) is 19.3 Å². The second kappa shape index (κ2) is 10.6. The number of amides is 2. The standard InChI is InChI=1S/C25H22N2O8S/c1-14(28)34-12-16-13-36-23-19(26-21(29)17-9-5-6-10-18(17)24(31)32)22(30)27(23)20(16)25(33)35-11-15-7-3-2-4-8-15/h2-10,19,23H,11-13H2,1H3,(H,26,29)(H,31,32)/t19?,23-/m0/s1. The Bertz CT molecular complexity index is 1260. The van der Waals surface area contributed by atoms with Crippen LogP contribution < -0.4 is 5.32 Å². The number of fused-ring (bicyclic) bond motifs is 1. The molecule has 2 aromatic carbocycles. The van der Waals surface area contributed by atoms with Crippen LogP contribution in [0.15, 0.2) is 65.9 Å². The summed E-state index contributed by atoms with van der Waals surface area (Å²) in [7, 11) is 0. The Balaban J connectivity index is 1.53. The second-order valence-electron chi connectivity index (χ2n) is 8.01. The van der Waals surface area contributed by atoms with Gasteiger partial charge in [0, 0.05) is 18.2 Å². The Labute approximate surface area is 210 Å². The maximum Gasteiger partial charge on any atom is 0.355 e. The lowest BCUT2D eigenvalue weighted by Crippen LogP contribution is -2.70. The zero-order chi connectivity index (χ0) is 25.8. The third-order valence-electron chi connectivity index (χ3n) is 5.59. The summed E-state index contributed by atoms with van der Waals surface area (Å²) in [5.74, 6) is -3.56. The van der Waals surface area contributed by atoms with Crippen LogP contribution in [0.25, 0.3) is 0 Å². The summed E-state index contributed by atoms with van der Waals surface area (Å²) in [5.41, 5.74) is 0.887. The molecular weight excluding hydrogens is 488 g/mol. The fraction of sp³-hybridized carbons (Fsp3) is 0.240. The number of esters is 2. The fourth-order valence-corrected chi connectivity index (χ4v) is 5.18. The number of carboxylic acid groups (broad SMARTS) is 1. The topological polar surface area (TPSA) is 139 Å². The van der Waals surface area contributed by atoms with Gasteiger partial charge in [-0.25, -0.2) is 9.59 Å². The minimum atomic E-state index is -1.27. The quantitative estimate of drug-likeness (QED) is 0.403. The van der Waals surface area contributed by atoms with Crippen molar-refractivity contribution in [2.24, 2.45) is 0 Å². The summed E-state index contributed by atoms with van der Waals surface area (Å²) in [6.45, 7) is 1.04. The van der Waals surface area contributed by atoms with E-state index in [1.54, 1.807) is 24.3 Å². The molecule has 0 aliphatic carbocycles. The molecule has 0 aromatic heterocycles. The summed E-state index contributed by atoms with van der Waals surface area (Å²) < 4.78 is 10.5. The zero-order valence-electron chi connectivity index (χ0n) is 19.1. The van der Waals surface area contributed by atoms with Crippen LogP contribution >= 0.6 is 11.8 Å². The number of hydrogen-bond acceptors (Lipinski definition) is 8. The van der Waals surface area contributed by atoms with Crippen LogP contribution in [-0.2, 0) is 30.5 Å². The first-order valence-corrected chi connectivity index (χ1v) is 12.0. The molecule has 0 spiro atoms. The molecule has 2 aliphatic rings. The van der Waals surface area contributed by atoms with Crippen molar-refractivity contribution in [2.45, 2.75) is 24.9 Å². The molecule has 1 saturated heterocycles. The SMILES string of the molecule is CC(=O)OCC1=C(C(=O)OCc2ccccc2)N2C(=O)C(NC(=O)c3ccccc3C(=O)O)[C@@H]2SC1. The van der Waals surface area contributed by atoms with Crippen LogP contribution in [0.3, 0.4) is 0 Å². The average Bonchev–Trinajstić information content (AvgIpc) is 2.88. The Morgan fingerprint density at radius 1 is 1.00 bits per heavy atom. The summed E-state index contributed by atoms with van der Waals surface area (Å²) in [5, 5.41) is 11.3. The van der Waals surface area contributed by atoms with E-state index in [0.717, 1.165) is 5.56 Å². The van der Waals surface area contributed by atoms with Gasteiger partial charge < -0.3 is 19.9 Å². The summed E-state index contributed by atoms with van der Waals surface area (Å²) in [6.07, 6.45) is 0. The van der Waals surface area contributed by atoms with Gasteiger partial charge in [0.25, 0.3) is 11.8 Å². The van der Waals surface area contributed by atoms with Crippen LogP contribution in [0.4, 0.5) is 0 Å². The molecule has 11 heteroatoms. The van der Waals surface area contributed by atoms with Crippen molar-refractivity contribution < 1.29 is 38.6 Å². The van der Waals surface area contributed by atoms with Crippen molar-refractivity contribution in [3.8, 4) is 0 Å². The van der Waals surface area contributed by atoms with Crippen LogP contribution in [0, 0.1) is 0 Å². The van der Waals surface area contributed by atoms with Crippen molar-refractivity contribution >= 4 is 41.5 Å². The molecule has 1 fully saturated rings. The van der Waals surface area contributed by atoms with E-state index < -0.39 is 41.1 Å². The van der Waals surface area contributed by atoms with Crippen molar-refractivity contribution in [2.75, 3.05) is 12.4 Å². The zero-order valence-corrected chi connectivity index (χ0v) is 19.9. The minimum absolute atomic E-state index is 0.0163. The fourth-order valence-electron chi connectivity index (χ4n) is 3.85. The first kappa shape index (κ1) is 25.0. The van der Waals surface area contributed by atoms with Gasteiger partial charge in [-0.1, -0.05) is 42.5 Å². The maximum absolute atomic E-state index is 13.1. The Morgan fingerprint density at radius 3 is 2.33 bits per heavy atom. The van der Waals surface area contributed by atoms with Crippen LogP contribution in [0.1, 0.15) is 33.2 Å². The Morgan fingerprint density at radius 2 is 1.67 bits per heavy atom. The molecule has 10 nitrogen and oxygen atoms in total. The van der Waals surface area contributed by atoms with E-state index in [4.69, 9.17) is 9.47 Å². The number of rotatable bonds is 8. The number of thioether (sulfide) groups is 1. The Kier molecular flexibility index (Phi) is 7.39. The molecule has 36 heavy (non-hydrogen) atoms. The number of carboxylic acids is 1. The van der Waals surface area contributed by atoms with Crippen LogP contribution in [-0.4, -0.2) is 63.5 Å². The third kappa shape index (κ3) is 5.10. The molecule has 1 unspecified atom stereocenters. The molecular formula is C25H22N2O8S.